The van der Waals surface area contributed by atoms with Gasteiger partial charge in [-0.15, -0.1) is 0 Å². The number of rotatable bonds is 7. The molecule has 3 rings (SSSR count). The Kier molecular flexibility index (Phi) is 6.02. The maximum atomic E-state index is 14.3. The third-order valence-electron chi connectivity index (χ3n) is 4.02. The summed E-state index contributed by atoms with van der Waals surface area (Å²) in [5.41, 5.74) is -1.60. The molecule has 0 saturated heterocycles. The number of aromatic nitrogens is 4. The van der Waals surface area contributed by atoms with Gasteiger partial charge in [-0.2, -0.15) is 5.10 Å². The Hall–Kier alpha value is -3.03. The van der Waals surface area contributed by atoms with Crippen LogP contribution in [-0.2, 0) is 16.6 Å². The van der Waals surface area contributed by atoms with Crippen LogP contribution in [0.15, 0.2) is 41.7 Å². The fraction of sp³-hybridized carbons (Fsp3) is 0.278. The van der Waals surface area contributed by atoms with Crippen molar-refractivity contribution in [1.82, 2.24) is 19.7 Å². The van der Waals surface area contributed by atoms with Gasteiger partial charge >= 0.3 is 0 Å². The van der Waals surface area contributed by atoms with Crippen molar-refractivity contribution in [3.8, 4) is 11.3 Å². The molecule has 0 fully saturated rings. The van der Waals surface area contributed by atoms with Crippen LogP contribution in [0.1, 0.15) is 25.8 Å². The van der Waals surface area contributed by atoms with E-state index in [1.54, 1.807) is 13.8 Å². The van der Waals surface area contributed by atoms with Crippen LogP contribution in [0, 0.1) is 5.82 Å². The zero-order chi connectivity index (χ0) is 23.0. The summed E-state index contributed by atoms with van der Waals surface area (Å²) in [6, 6.07) is 2.91. The van der Waals surface area contributed by atoms with Crippen molar-refractivity contribution in [2.24, 2.45) is 5.14 Å². The van der Waals surface area contributed by atoms with E-state index in [0.29, 0.717) is 6.07 Å². The normalized spacial score (nSPS) is 12.4. The van der Waals surface area contributed by atoms with E-state index in [2.05, 4.69) is 20.4 Å². The standard InChI is InChI=1S/C18H19F3N6O3S/c1-18(2,28)9-27-8-10(6-24-27)15-12(16(20)21)7-23-17(26-15)25-14-4-3-11(5-13(14)19)31(22,29)30/h3-8,16,28H,9H2,1-2H3,(H2,22,29,30)(H,23,25,26). The van der Waals surface area contributed by atoms with Crippen LogP contribution < -0.4 is 10.5 Å². The zero-order valence-corrected chi connectivity index (χ0v) is 17.2. The fourth-order valence-electron chi connectivity index (χ4n) is 2.71. The Morgan fingerprint density at radius 1 is 1.29 bits per heavy atom. The van der Waals surface area contributed by atoms with Gasteiger partial charge in [-0.05, 0) is 32.0 Å². The van der Waals surface area contributed by atoms with Crippen molar-refractivity contribution in [1.29, 1.82) is 0 Å². The van der Waals surface area contributed by atoms with Crippen molar-refractivity contribution in [3.63, 3.8) is 0 Å². The lowest BCUT2D eigenvalue weighted by atomic mass is 10.1. The average Bonchev–Trinajstić information content (AvgIpc) is 3.08. The van der Waals surface area contributed by atoms with Crippen molar-refractivity contribution in [2.75, 3.05) is 5.32 Å². The minimum Gasteiger partial charge on any atom is -0.389 e. The summed E-state index contributed by atoms with van der Waals surface area (Å²) < 4.78 is 65.2. The van der Waals surface area contributed by atoms with E-state index < -0.39 is 38.3 Å². The molecule has 0 amide bonds. The number of benzene rings is 1. The molecule has 1 aromatic carbocycles. The lowest BCUT2D eigenvalue weighted by Crippen LogP contribution is -2.26. The molecule has 13 heteroatoms. The number of sulfonamides is 1. The van der Waals surface area contributed by atoms with Crippen LogP contribution >= 0.6 is 0 Å². The van der Waals surface area contributed by atoms with Gasteiger partial charge in [0.05, 0.1) is 40.2 Å². The predicted molar refractivity (Wildman–Crippen MR) is 106 cm³/mol. The maximum absolute atomic E-state index is 14.3. The van der Waals surface area contributed by atoms with Crippen molar-refractivity contribution >= 4 is 21.7 Å². The maximum Gasteiger partial charge on any atom is 0.267 e. The molecule has 9 nitrogen and oxygen atoms in total. The van der Waals surface area contributed by atoms with Gasteiger partial charge in [0.2, 0.25) is 16.0 Å². The molecule has 0 saturated carbocycles. The number of anilines is 2. The summed E-state index contributed by atoms with van der Waals surface area (Å²) in [5.74, 6) is -1.15. The second-order valence-electron chi connectivity index (χ2n) is 7.35. The summed E-state index contributed by atoms with van der Waals surface area (Å²) >= 11 is 0. The van der Waals surface area contributed by atoms with Crippen molar-refractivity contribution in [2.45, 2.75) is 37.3 Å². The van der Waals surface area contributed by atoms with Crippen LogP contribution in [0.2, 0.25) is 0 Å². The number of aliphatic hydroxyl groups is 1. The number of nitrogens with one attached hydrogen (secondary N) is 1. The molecule has 3 aromatic rings. The number of nitrogens with zero attached hydrogens (tertiary/aromatic N) is 4. The van der Waals surface area contributed by atoms with Gasteiger partial charge < -0.3 is 10.4 Å². The quantitative estimate of drug-likeness (QED) is 0.497. The molecule has 0 bridgehead atoms. The molecule has 0 atom stereocenters. The number of hydrogen-bond acceptors (Lipinski definition) is 7. The molecule has 4 N–H and O–H groups in total. The topological polar surface area (TPSA) is 136 Å². The van der Waals surface area contributed by atoms with E-state index in [9.17, 15) is 26.7 Å². The fourth-order valence-corrected chi connectivity index (χ4v) is 3.23. The van der Waals surface area contributed by atoms with Gasteiger partial charge in [0.15, 0.2) is 0 Å². The lowest BCUT2D eigenvalue weighted by molar-refractivity contribution is 0.0577. The number of nitrogens with two attached hydrogens (primary N) is 1. The Morgan fingerprint density at radius 3 is 2.58 bits per heavy atom. The summed E-state index contributed by atoms with van der Waals surface area (Å²) in [6.07, 6.45) is 0.773. The third kappa shape index (κ3) is 5.57. The first-order valence-corrected chi connectivity index (χ1v) is 10.4. The number of halogens is 3. The molecule has 0 aliphatic carbocycles. The van der Waals surface area contributed by atoms with Gasteiger partial charge in [-0.1, -0.05) is 0 Å². The van der Waals surface area contributed by atoms with E-state index >= 15 is 0 Å². The molecule has 0 aliphatic rings. The second kappa shape index (κ2) is 8.24. The monoisotopic (exact) mass is 456 g/mol. The first-order valence-electron chi connectivity index (χ1n) is 8.83. The van der Waals surface area contributed by atoms with Crippen LogP contribution in [0.3, 0.4) is 0 Å². The highest BCUT2D eigenvalue weighted by Crippen LogP contribution is 2.31. The summed E-state index contributed by atoms with van der Waals surface area (Å²) in [7, 11) is -4.09. The van der Waals surface area contributed by atoms with Crippen LogP contribution in [0.5, 0.6) is 0 Å². The number of hydrogen-bond donors (Lipinski definition) is 3. The highest BCUT2D eigenvalue weighted by atomic mass is 32.2. The van der Waals surface area contributed by atoms with E-state index in [1.165, 1.54) is 17.1 Å². The minimum absolute atomic E-state index is 0.120. The minimum atomic E-state index is -4.09. The largest absolute Gasteiger partial charge is 0.389 e. The van der Waals surface area contributed by atoms with Gasteiger partial charge in [-0.25, -0.2) is 36.7 Å². The van der Waals surface area contributed by atoms with Gasteiger partial charge in [0.1, 0.15) is 5.82 Å². The van der Waals surface area contributed by atoms with Crippen LogP contribution in [-0.4, -0.2) is 38.9 Å². The Labute approximate surface area is 175 Å². The van der Waals surface area contributed by atoms with Crippen molar-refractivity contribution < 1.29 is 26.7 Å². The lowest BCUT2D eigenvalue weighted by Gasteiger charge is -2.16. The number of primary sulfonamides is 1. The highest BCUT2D eigenvalue weighted by molar-refractivity contribution is 7.89. The molecular weight excluding hydrogens is 437 g/mol. The molecule has 0 radical (unpaired) electrons. The molecule has 2 aromatic heterocycles. The van der Waals surface area contributed by atoms with Crippen LogP contribution in [0.4, 0.5) is 24.8 Å². The molecule has 31 heavy (non-hydrogen) atoms. The number of alkyl halides is 2. The Bertz CT molecular complexity index is 1210. The summed E-state index contributed by atoms with van der Waals surface area (Å²) in [6.45, 7) is 3.26. The van der Waals surface area contributed by atoms with Gasteiger partial charge in [-0.3, -0.25) is 4.68 Å². The smallest absolute Gasteiger partial charge is 0.267 e. The van der Waals surface area contributed by atoms with Crippen molar-refractivity contribution in [3.05, 3.63) is 48.2 Å². The van der Waals surface area contributed by atoms with E-state index in [0.717, 1.165) is 18.3 Å². The first-order chi connectivity index (χ1) is 14.3. The molecule has 0 spiro atoms. The van der Waals surface area contributed by atoms with E-state index in [4.69, 9.17) is 5.14 Å². The zero-order valence-electron chi connectivity index (χ0n) is 16.4. The Morgan fingerprint density at radius 2 is 2.00 bits per heavy atom. The molecule has 2 heterocycles. The molecule has 166 valence electrons. The third-order valence-corrected chi connectivity index (χ3v) is 4.93. The first kappa shape index (κ1) is 22.7. The average molecular weight is 456 g/mol. The molecule has 0 aliphatic heterocycles. The SMILES string of the molecule is CC(C)(O)Cn1cc(-c2nc(Nc3ccc(S(N)(=O)=O)cc3F)ncc2C(F)F)cn1. The van der Waals surface area contributed by atoms with E-state index in [1.807, 2.05) is 0 Å². The second-order valence-corrected chi connectivity index (χ2v) is 8.91. The molecule has 0 unspecified atom stereocenters. The van der Waals surface area contributed by atoms with Crippen LogP contribution in [0.25, 0.3) is 11.3 Å². The Balaban J connectivity index is 1.96. The van der Waals surface area contributed by atoms with E-state index in [-0.39, 0.29) is 29.4 Å². The summed E-state index contributed by atoms with van der Waals surface area (Å²) in [4.78, 5) is 7.41. The van der Waals surface area contributed by atoms with Gasteiger partial charge in [0.25, 0.3) is 6.43 Å². The van der Waals surface area contributed by atoms with Gasteiger partial charge in [0, 0.05) is 18.0 Å². The predicted octanol–water partition coefficient (Wildman–Crippen LogP) is 2.58. The highest BCUT2D eigenvalue weighted by Gasteiger charge is 2.21. The summed E-state index contributed by atoms with van der Waals surface area (Å²) in [5, 5.41) is 21.4. The molecular formula is C18H19F3N6O3S.